The first-order valence-electron chi connectivity index (χ1n) is 4.75. The van der Waals surface area contributed by atoms with Crippen LogP contribution >= 0.6 is 25.3 Å². The van der Waals surface area contributed by atoms with E-state index in [0.717, 1.165) is 12.3 Å². The third-order valence-corrected chi connectivity index (χ3v) is 1.70. The predicted octanol–water partition coefficient (Wildman–Crippen LogP) is 0.185. The van der Waals surface area contributed by atoms with Crippen LogP contribution in [0.5, 0.6) is 0 Å². The van der Waals surface area contributed by atoms with Gasteiger partial charge in [0.2, 0.25) is 5.91 Å². The summed E-state index contributed by atoms with van der Waals surface area (Å²) in [6.07, 6.45) is -5.08. The van der Waals surface area contributed by atoms with Crippen molar-refractivity contribution in [2.24, 2.45) is 0 Å². The summed E-state index contributed by atoms with van der Waals surface area (Å²) in [4.78, 5) is 19.7. The van der Waals surface area contributed by atoms with Gasteiger partial charge in [0.1, 0.15) is 0 Å². The van der Waals surface area contributed by atoms with E-state index in [-0.39, 0.29) is 5.91 Å². The third kappa shape index (κ3) is 15.4. The molecule has 0 saturated heterocycles. The van der Waals surface area contributed by atoms with Crippen LogP contribution in [0, 0.1) is 0 Å². The van der Waals surface area contributed by atoms with E-state index in [4.69, 9.17) is 9.90 Å². The van der Waals surface area contributed by atoms with Crippen LogP contribution in [0.1, 0.15) is 0 Å². The van der Waals surface area contributed by atoms with Gasteiger partial charge >= 0.3 is 12.1 Å². The van der Waals surface area contributed by atoms with Crippen molar-refractivity contribution < 1.29 is 27.9 Å². The van der Waals surface area contributed by atoms with Gasteiger partial charge in [-0.3, -0.25) is 4.79 Å². The molecule has 0 radical (unpaired) electrons. The van der Waals surface area contributed by atoms with Crippen molar-refractivity contribution in [3.8, 4) is 0 Å². The van der Waals surface area contributed by atoms with E-state index >= 15 is 0 Å². The number of aliphatic carboxylic acids is 1. The van der Waals surface area contributed by atoms with Crippen molar-refractivity contribution >= 4 is 37.1 Å². The molecular weight excluding hydrogens is 293 g/mol. The fourth-order valence-corrected chi connectivity index (χ4v) is 0.809. The minimum atomic E-state index is -5.08. The summed E-state index contributed by atoms with van der Waals surface area (Å²) in [5.74, 6) is -1.31. The van der Waals surface area contributed by atoms with E-state index in [9.17, 15) is 18.0 Å². The fraction of sp³-hybridized carbons (Fsp3) is 0.750. The second-order valence-electron chi connectivity index (χ2n) is 2.78. The van der Waals surface area contributed by atoms with Gasteiger partial charge in [-0.1, -0.05) is 0 Å². The van der Waals surface area contributed by atoms with Crippen LogP contribution in [0.4, 0.5) is 13.2 Å². The molecule has 1 amide bonds. The number of alkyl halides is 3. The molecule has 0 rings (SSSR count). The number of hydrogen-bond acceptors (Lipinski definition) is 5. The number of nitrogens with one attached hydrogen (secondary N) is 2. The Morgan fingerprint density at radius 2 is 1.56 bits per heavy atom. The van der Waals surface area contributed by atoms with E-state index in [1.807, 2.05) is 0 Å². The molecule has 0 aromatic rings. The lowest BCUT2D eigenvalue weighted by Gasteiger charge is -2.03. The lowest BCUT2D eigenvalue weighted by atomic mass is 10.5. The van der Waals surface area contributed by atoms with Crippen LogP contribution in [0.15, 0.2) is 0 Å². The Labute approximate surface area is 113 Å². The highest BCUT2D eigenvalue weighted by Gasteiger charge is 2.38. The summed E-state index contributed by atoms with van der Waals surface area (Å²) in [7, 11) is 0. The zero-order chi connectivity index (χ0) is 14.6. The highest BCUT2D eigenvalue weighted by Crippen LogP contribution is 2.13. The summed E-state index contributed by atoms with van der Waals surface area (Å²) in [6, 6.07) is 0. The molecule has 0 bridgehead atoms. The van der Waals surface area contributed by atoms with Gasteiger partial charge in [0.25, 0.3) is 0 Å². The molecule has 0 aliphatic carbocycles. The molecule has 0 aliphatic rings. The number of rotatable bonds is 6. The molecule has 0 spiro atoms. The highest BCUT2D eigenvalue weighted by atomic mass is 32.1. The first-order chi connectivity index (χ1) is 8.25. The summed E-state index contributed by atoms with van der Waals surface area (Å²) < 4.78 is 31.7. The van der Waals surface area contributed by atoms with Crippen molar-refractivity contribution in [2.45, 2.75) is 6.18 Å². The van der Waals surface area contributed by atoms with Crippen molar-refractivity contribution in [3.05, 3.63) is 0 Å². The average molecular weight is 308 g/mol. The number of hydrogen-bond donors (Lipinski definition) is 5. The zero-order valence-electron chi connectivity index (χ0n) is 9.33. The van der Waals surface area contributed by atoms with Crippen LogP contribution in [-0.2, 0) is 9.59 Å². The monoisotopic (exact) mass is 308 g/mol. The largest absolute Gasteiger partial charge is 0.490 e. The quantitative estimate of drug-likeness (QED) is 0.358. The SMILES string of the molecule is O=C(CNCCS)NCCS.O=C(O)C(F)(F)F. The minimum Gasteiger partial charge on any atom is -0.475 e. The van der Waals surface area contributed by atoms with Gasteiger partial charge in [-0.2, -0.15) is 38.4 Å². The maximum absolute atomic E-state index is 10.8. The minimum absolute atomic E-state index is 0.0147. The van der Waals surface area contributed by atoms with Crippen LogP contribution in [0.25, 0.3) is 0 Å². The maximum atomic E-state index is 10.8. The lowest BCUT2D eigenvalue weighted by Crippen LogP contribution is -2.35. The van der Waals surface area contributed by atoms with Gasteiger partial charge < -0.3 is 15.7 Å². The van der Waals surface area contributed by atoms with E-state index in [1.165, 1.54) is 0 Å². The van der Waals surface area contributed by atoms with Crippen LogP contribution in [-0.4, -0.2) is 54.3 Å². The average Bonchev–Trinajstić information content (AvgIpc) is 2.26. The molecule has 0 unspecified atom stereocenters. The molecule has 0 aromatic carbocycles. The number of carbonyl (C=O) groups excluding carboxylic acids is 1. The second kappa shape index (κ2) is 11.5. The molecule has 18 heavy (non-hydrogen) atoms. The van der Waals surface area contributed by atoms with Crippen LogP contribution in [0.3, 0.4) is 0 Å². The van der Waals surface area contributed by atoms with Crippen LogP contribution in [0.2, 0.25) is 0 Å². The molecule has 0 fully saturated rings. The number of amides is 1. The molecule has 0 aromatic heterocycles. The van der Waals surface area contributed by atoms with E-state index in [0.29, 0.717) is 18.8 Å². The zero-order valence-corrected chi connectivity index (χ0v) is 11.1. The molecule has 0 atom stereocenters. The number of carbonyl (C=O) groups is 2. The first kappa shape index (κ1) is 19.7. The van der Waals surface area contributed by atoms with Gasteiger partial charge in [0.05, 0.1) is 6.54 Å². The molecule has 108 valence electrons. The molecule has 3 N–H and O–H groups in total. The summed E-state index contributed by atoms with van der Waals surface area (Å²) in [5, 5.41) is 12.7. The maximum Gasteiger partial charge on any atom is 0.490 e. The highest BCUT2D eigenvalue weighted by molar-refractivity contribution is 7.80. The van der Waals surface area contributed by atoms with E-state index in [2.05, 4.69) is 35.9 Å². The van der Waals surface area contributed by atoms with E-state index in [1.54, 1.807) is 0 Å². The molecule has 0 heterocycles. The Kier molecular flexibility index (Phi) is 12.6. The first-order valence-corrected chi connectivity index (χ1v) is 6.01. The number of thiol groups is 2. The normalized spacial score (nSPS) is 10.3. The summed E-state index contributed by atoms with van der Waals surface area (Å²) in [5.41, 5.74) is 0. The molecule has 10 heteroatoms. The third-order valence-electron chi connectivity index (χ3n) is 1.25. The van der Waals surface area contributed by atoms with Gasteiger partial charge in [0, 0.05) is 24.6 Å². The molecule has 0 aliphatic heterocycles. The Morgan fingerprint density at radius 1 is 1.11 bits per heavy atom. The summed E-state index contributed by atoms with van der Waals surface area (Å²) in [6.45, 7) is 1.76. The topological polar surface area (TPSA) is 78.4 Å². The summed E-state index contributed by atoms with van der Waals surface area (Å²) >= 11 is 7.94. The van der Waals surface area contributed by atoms with Crippen molar-refractivity contribution in [3.63, 3.8) is 0 Å². The van der Waals surface area contributed by atoms with Gasteiger partial charge in [0.15, 0.2) is 0 Å². The Bertz CT molecular complexity index is 252. The standard InChI is InChI=1S/C6H14N2OS2.C2HF3O2/c9-6(8-2-4-11)5-7-1-3-10;3-2(4,5)1(6)7/h7,10-11H,1-5H2,(H,8,9);(H,6,7). The van der Waals surface area contributed by atoms with Gasteiger partial charge in [-0.05, 0) is 0 Å². The second-order valence-corrected chi connectivity index (χ2v) is 3.67. The van der Waals surface area contributed by atoms with Crippen molar-refractivity contribution in [1.29, 1.82) is 0 Å². The van der Waals surface area contributed by atoms with Crippen molar-refractivity contribution in [1.82, 2.24) is 10.6 Å². The predicted molar refractivity (Wildman–Crippen MR) is 67.3 cm³/mol. The van der Waals surface area contributed by atoms with Crippen molar-refractivity contribution in [2.75, 3.05) is 31.1 Å². The smallest absolute Gasteiger partial charge is 0.475 e. The molecule has 5 nitrogen and oxygen atoms in total. The Morgan fingerprint density at radius 3 is 1.89 bits per heavy atom. The van der Waals surface area contributed by atoms with E-state index < -0.39 is 12.1 Å². The van der Waals surface area contributed by atoms with Gasteiger partial charge in [-0.25, -0.2) is 4.79 Å². The lowest BCUT2D eigenvalue weighted by molar-refractivity contribution is -0.192. The van der Waals surface area contributed by atoms with Gasteiger partial charge in [-0.15, -0.1) is 0 Å². The fourth-order valence-electron chi connectivity index (χ4n) is 0.539. The molecule has 0 saturated carbocycles. The Balaban J connectivity index is 0. The molecular formula is C8H15F3N2O3S2. The number of carboxylic acid groups (broad SMARTS) is 1. The number of halogens is 3. The number of carboxylic acids is 1. The Hall–Kier alpha value is -0.610. The van der Waals surface area contributed by atoms with Crippen LogP contribution < -0.4 is 10.6 Å².